The van der Waals surface area contributed by atoms with Gasteiger partial charge in [0.1, 0.15) is 6.54 Å². The number of amides is 1. The van der Waals surface area contributed by atoms with E-state index in [2.05, 4.69) is 15.8 Å². The first-order chi connectivity index (χ1) is 9.63. The van der Waals surface area contributed by atoms with Crippen molar-refractivity contribution in [1.29, 1.82) is 0 Å². The summed E-state index contributed by atoms with van der Waals surface area (Å²) in [4.78, 5) is 22.6. The van der Waals surface area contributed by atoms with Crippen LogP contribution in [0.1, 0.15) is 17.9 Å². The van der Waals surface area contributed by atoms with E-state index in [0.717, 1.165) is 6.42 Å². The summed E-state index contributed by atoms with van der Waals surface area (Å²) in [6.45, 7) is -0.211. The van der Waals surface area contributed by atoms with E-state index in [4.69, 9.17) is 5.11 Å². The number of hydrogen-bond donors (Lipinski definition) is 2. The number of aromatic nitrogens is 2. The van der Waals surface area contributed by atoms with Crippen molar-refractivity contribution < 1.29 is 14.7 Å². The van der Waals surface area contributed by atoms with Gasteiger partial charge in [-0.2, -0.15) is 16.4 Å². The molecule has 1 fully saturated rings. The summed E-state index contributed by atoms with van der Waals surface area (Å²) in [5, 5.41) is 19.5. The molecule has 2 atom stereocenters. The molecule has 6 nitrogen and oxygen atoms in total. The normalized spacial score (nSPS) is 20.6. The second kappa shape index (κ2) is 5.09. The summed E-state index contributed by atoms with van der Waals surface area (Å²) >= 11 is 1.63. The number of thiophene rings is 1. The van der Waals surface area contributed by atoms with Gasteiger partial charge in [-0.15, -0.1) is 0 Å². The predicted molar refractivity (Wildman–Crippen MR) is 73.7 cm³/mol. The molecule has 2 heterocycles. The van der Waals surface area contributed by atoms with Crippen LogP contribution >= 0.6 is 11.3 Å². The highest BCUT2D eigenvalue weighted by molar-refractivity contribution is 7.08. The SMILES string of the molecule is O=C(O)Cn1ccc(NC(=O)[C@@H]2C[C@H]2c2ccsc2)n1. The van der Waals surface area contributed by atoms with Crippen molar-refractivity contribution in [3.05, 3.63) is 34.7 Å². The van der Waals surface area contributed by atoms with E-state index < -0.39 is 5.97 Å². The highest BCUT2D eigenvalue weighted by Crippen LogP contribution is 2.48. The fourth-order valence-corrected chi connectivity index (χ4v) is 2.94. The van der Waals surface area contributed by atoms with E-state index >= 15 is 0 Å². The fraction of sp³-hybridized carbons (Fsp3) is 0.308. The highest BCUT2D eigenvalue weighted by atomic mass is 32.1. The predicted octanol–water partition coefficient (Wildman–Crippen LogP) is 1.77. The molecule has 20 heavy (non-hydrogen) atoms. The van der Waals surface area contributed by atoms with Gasteiger partial charge in [-0.1, -0.05) is 0 Å². The Bertz CT molecular complexity index is 635. The van der Waals surface area contributed by atoms with Crippen molar-refractivity contribution in [2.45, 2.75) is 18.9 Å². The Kier molecular flexibility index (Phi) is 3.27. The molecule has 1 aliphatic rings. The van der Waals surface area contributed by atoms with Crippen LogP contribution in [0.25, 0.3) is 0 Å². The third-order valence-electron chi connectivity index (χ3n) is 3.29. The average Bonchev–Trinajstić information content (AvgIpc) is 2.82. The fourth-order valence-electron chi connectivity index (χ4n) is 2.21. The van der Waals surface area contributed by atoms with Gasteiger partial charge in [-0.3, -0.25) is 14.3 Å². The van der Waals surface area contributed by atoms with Gasteiger partial charge in [0.25, 0.3) is 0 Å². The maximum atomic E-state index is 12.0. The van der Waals surface area contributed by atoms with Crippen molar-refractivity contribution in [2.75, 3.05) is 5.32 Å². The monoisotopic (exact) mass is 291 g/mol. The number of anilines is 1. The largest absolute Gasteiger partial charge is 0.480 e. The van der Waals surface area contributed by atoms with Gasteiger partial charge < -0.3 is 10.4 Å². The lowest BCUT2D eigenvalue weighted by atomic mass is 10.2. The molecule has 0 unspecified atom stereocenters. The maximum absolute atomic E-state index is 12.0. The smallest absolute Gasteiger partial charge is 0.325 e. The third-order valence-corrected chi connectivity index (χ3v) is 3.99. The summed E-state index contributed by atoms with van der Waals surface area (Å²) in [5.41, 5.74) is 1.21. The lowest BCUT2D eigenvalue weighted by Crippen LogP contribution is -2.16. The van der Waals surface area contributed by atoms with Gasteiger partial charge in [0, 0.05) is 18.2 Å². The Morgan fingerprint density at radius 1 is 1.50 bits per heavy atom. The molecule has 0 aliphatic heterocycles. The standard InChI is InChI=1S/C13H13N3O3S/c17-12(18)6-16-3-1-11(15-16)14-13(19)10-5-9(10)8-2-4-20-7-8/h1-4,7,9-10H,5-6H2,(H,17,18)(H,14,15,19)/t9-,10+/m0/s1. The number of carbonyl (C=O) groups excluding carboxylic acids is 1. The summed E-state index contributed by atoms with van der Waals surface area (Å²) in [6.07, 6.45) is 2.39. The molecular weight excluding hydrogens is 278 g/mol. The number of rotatable bonds is 5. The first-order valence-electron chi connectivity index (χ1n) is 6.21. The van der Waals surface area contributed by atoms with Crippen LogP contribution in [0.4, 0.5) is 5.82 Å². The molecule has 104 valence electrons. The summed E-state index contributed by atoms with van der Waals surface area (Å²) in [5.74, 6) is -0.323. The lowest BCUT2D eigenvalue weighted by molar-refractivity contribution is -0.137. The number of carbonyl (C=O) groups is 2. The van der Waals surface area contributed by atoms with Gasteiger partial charge in [0.2, 0.25) is 5.91 Å². The van der Waals surface area contributed by atoms with Crippen LogP contribution in [0.3, 0.4) is 0 Å². The molecule has 2 aromatic rings. The number of carboxylic acids is 1. The molecule has 1 aliphatic carbocycles. The Morgan fingerprint density at radius 2 is 2.35 bits per heavy atom. The van der Waals surface area contributed by atoms with Crippen LogP contribution in [-0.4, -0.2) is 26.8 Å². The number of carboxylic acid groups (broad SMARTS) is 1. The molecule has 0 bridgehead atoms. The molecule has 0 radical (unpaired) electrons. The molecule has 3 rings (SSSR count). The summed E-state index contributed by atoms with van der Waals surface area (Å²) in [6, 6.07) is 3.65. The van der Waals surface area contributed by atoms with E-state index in [1.165, 1.54) is 16.4 Å². The molecule has 0 spiro atoms. The quantitative estimate of drug-likeness (QED) is 0.879. The van der Waals surface area contributed by atoms with Crippen LogP contribution in [0.2, 0.25) is 0 Å². The number of aliphatic carboxylic acids is 1. The van der Waals surface area contributed by atoms with Crippen molar-refractivity contribution in [3.63, 3.8) is 0 Å². The van der Waals surface area contributed by atoms with E-state index in [-0.39, 0.29) is 18.4 Å². The van der Waals surface area contributed by atoms with E-state index in [9.17, 15) is 9.59 Å². The zero-order valence-electron chi connectivity index (χ0n) is 10.5. The minimum Gasteiger partial charge on any atom is -0.480 e. The van der Waals surface area contributed by atoms with Crippen LogP contribution in [0, 0.1) is 5.92 Å². The van der Waals surface area contributed by atoms with Gasteiger partial charge >= 0.3 is 5.97 Å². The summed E-state index contributed by atoms with van der Waals surface area (Å²) < 4.78 is 1.28. The van der Waals surface area contributed by atoms with Crippen LogP contribution in [0.15, 0.2) is 29.1 Å². The maximum Gasteiger partial charge on any atom is 0.325 e. The zero-order valence-corrected chi connectivity index (χ0v) is 11.3. The molecule has 0 aromatic carbocycles. The highest BCUT2D eigenvalue weighted by Gasteiger charge is 2.44. The molecule has 7 heteroatoms. The first kappa shape index (κ1) is 12.9. The lowest BCUT2D eigenvalue weighted by Gasteiger charge is -2.01. The van der Waals surface area contributed by atoms with Crippen LogP contribution in [-0.2, 0) is 16.1 Å². The Morgan fingerprint density at radius 3 is 3.05 bits per heavy atom. The second-order valence-electron chi connectivity index (χ2n) is 4.79. The molecular formula is C13H13N3O3S. The molecule has 1 saturated carbocycles. The van der Waals surface area contributed by atoms with Crippen molar-refractivity contribution >= 4 is 29.0 Å². The molecule has 1 amide bonds. The van der Waals surface area contributed by atoms with E-state index in [1.807, 2.05) is 11.4 Å². The van der Waals surface area contributed by atoms with Crippen molar-refractivity contribution in [1.82, 2.24) is 9.78 Å². The number of nitrogens with zero attached hydrogens (tertiary/aromatic N) is 2. The van der Waals surface area contributed by atoms with Gasteiger partial charge in [0.05, 0.1) is 0 Å². The Hall–Kier alpha value is -2.15. The summed E-state index contributed by atoms with van der Waals surface area (Å²) in [7, 11) is 0. The minimum absolute atomic E-state index is 0.00535. The number of nitrogens with one attached hydrogen (secondary N) is 1. The zero-order chi connectivity index (χ0) is 14.1. The Labute approximate surface area is 119 Å². The van der Waals surface area contributed by atoms with Gasteiger partial charge in [-0.05, 0) is 34.7 Å². The molecule has 0 saturated heterocycles. The average molecular weight is 291 g/mol. The van der Waals surface area contributed by atoms with Crippen molar-refractivity contribution in [3.8, 4) is 0 Å². The van der Waals surface area contributed by atoms with E-state index in [1.54, 1.807) is 17.4 Å². The van der Waals surface area contributed by atoms with Crippen LogP contribution < -0.4 is 5.32 Å². The first-order valence-corrected chi connectivity index (χ1v) is 7.16. The minimum atomic E-state index is -0.967. The number of hydrogen-bond acceptors (Lipinski definition) is 4. The second-order valence-corrected chi connectivity index (χ2v) is 5.57. The molecule has 2 aromatic heterocycles. The van der Waals surface area contributed by atoms with Gasteiger partial charge in [-0.25, -0.2) is 0 Å². The van der Waals surface area contributed by atoms with Gasteiger partial charge in [0.15, 0.2) is 5.82 Å². The van der Waals surface area contributed by atoms with Crippen LogP contribution in [0.5, 0.6) is 0 Å². The van der Waals surface area contributed by atoms with Crippen molar-refractivity contribution in [2.24, 2.45) is 5.92 Å². The van der Waals surface area contributed by atoms with E-state index in [0.29, 0.717) is 11.7 Å². The topological polar surface area (TPSA) is 84.2 Å². The third kappa shape index (κ3) is 2.72. The molecule has 2 N–H and O–H groups in total. The Balaban J connectivity index is 1.57.